The van der Waals surface area contributed by atoms with Crippen LogP contribution in [0.4, 0.5) is 0 Å². The van der Waals surface area contributed by atoms with Crippen molar-refractivity contribution in [2.24, 2.45) is 4.99 Å². The maximum absolute atomic E-state index is 4.77. The van der Waals surface area contributed by atoms with Gasteiger partial charge < -0.3 is 15.5 Å². The predicted octanol–water partition coefficient (Wildman–Crippen LogP) is 2.29. The van der Waals surface area contributed by atoms with Gasteiger partial charge in [0.15, 0.2) is 5.96 Å². The fourth-order valence-corrected chi connectivity index (χ4v) is 3.12. The maximum atomic E-state index is 4.77. The normalized spacial score (nSPS) is 16.8. The lowest BCUT2D eigenvalue weighted by Crippen LogP contribution is -2.45. The van der Waals surface area contributed by atoms with E-state index in [2.05, 4.69) is 65.5 Å². The van der Waals surface area contributed by atoms with Gasteiger partial charge in [0.2, 0.25) is 0 Å². The molecule has 1 fully saturated rings. The molecule has 2 N–H and O–H groups in total. The van der Waals surface area contributed by atoms with Crippen LogP contribution in [0.15, 0.2) is 29.3 Å². The van der Waals surface area contributed by atoms with Crippen molar-refractivity contribution < 1.29 is 0 Å². The summed E-state index contributed by atoms with van der Waals surface area (Å²) in [7, 11) is 0. The SMILES string of the molecule is CCCNC(=NCc1ccccc1CN1CCN(CC)CC1)NCC. The number of benzene rings is 1. The van der Waals surface area contributed by atoms with Crippen molar-refractivity contribution >= 4 is 5.96 Å². The highest BCUT2D eigenvalue weighted by Crippen LogP contribution is 2.14. The van der Waals surface area contributed by atoms with E-state index in [9.17, 15) is 0 Å². The lowest BCUT2D eigenvalue weighted by molar-refractivity contribution is 0.131. The van der Waals surface area contributed by atoms with E-state index in [0.717, 1.165) is 58.2 Å². The molecule has 0 radical (unpaired) electrons. The Kier molecular flexibility index (Phi) is 8.77. The molecule has 2 rings (SSSR count). The summed E-state index contributed by atoms with van der Waals surface area (Å²) in [6.45, 7) is 16.0. The van der Waals surface area contributed by atoms with E-state index in [1.807, 2.05) is 0 Å². The summed E-state index contributed by atoms with van der Waals surface area (Å²) in [6.07, 6.45) is 1.10. The topological polar surface area (TPSA) is 42.9 Å². The third kappa shape index (κ3) is 6.67. The second kappa shape index (κ2) is 11.1. The van der Waals surface area contributed by atoms with Gasteiger partial charge in [-0.25, -0.2) is 4.99 Å². The summed E-state index contributed by atoms with van der Waals surface area (Å²) in [5.41, 5.74) is 2.73. The van der Waals surface area contributed by atoms with Crippen molar-refractivity contribution in [3.63, 3.8) is 0 Å². The van der Waals surface area contributed by atoms with Crippen molar-refractivity contribution in [1.82, 2.24) is 20.4 Å². The van der Waals surface area contributed by atoms with Gasteiger partial charge in [-0.15, -0.1) is 0 Å². The summed E-state index contributed by atoms with van der Waals surface area (Å²) < 4.78 is 0. The van der Waals surface area contributed by atoms with Crippen LogP contribution in [-0.2, 0) is 13.1 Å². The zero-order valence-electron chi connectivity index (χ0n) is 16.2. The number of nitrogens with one attached hydrogen (secondary N) is 2. The van der Waals surface area contributed by atoms with E-state index >= 15 is 0 Å². The number of hydrogen-bond acceptors (Lipinski definition) is 3. The highest BCUT2D eigenvalue weighted by Gasteiger charge is 2.16. The van der Waals surface area contributed by atoms with Crippen molar-refractivity contribution in [2.45, 2.75) is 40.3 Å². The highest BCUT2D eigenvalue weighted by molar-refractivity contribution is 5.79. The van der Waals surface area contributed by atoms with E-state index in [0.29, 0.717) is 0 Å². The monoisotopic (exact) mass is 345 g/mol. The van der Waals surface area contributed by atoms with E-state index in [1.54, 1.807) is 0 Å². The smallest absolute Gasteiger partial charge is 0.191 e. The minimum absolute atomic E-state index is 0.726. The molecular formula is C20H35N5. The number of rotatable bonds is 8. The second-order valence-electron chi connectivity index (χ2n) is 6.60. The van der Waals surface area contributed by atoms with Crippen LogP contribution in [0.1, 0.15) is 38.3 Å². The quantitative estimate of drug-likeness (QED) is 0.560. The number of likely N-dealkylation sites (N-methyl/N-ethyl adjacent to an activating group) is 1. The van der Waals surface area contributed by atoms with Gasteiger partial charge in [-0.05, 0) is 31.0 Å². The molecule has 0 spiro atoms. The fourth-order valence-electron chi connectivity index (χ4n) is 3.12. The van der Waals surface area contributed by atoms with E-state index < -0.39 is 0 Å². The second-order valence-corrected chi connectivity index (χ2v) is 6.60. The van der Waals surface area contributed by atoms with Crippen LogP contribution >= 0.6 is 0 Å². The van der Waals surface area contributed by atoms with Gasteiger partial charge in [0.1, 0.15) is 0 Å². The zero-order valence-corrected chi connectivity index (χ0v) is 16.2. The number of guanidine groups is 1. The largest absolute Gasteiger partial charge is 0.357 e. The molecule has 1 saturated heterocycles. The number of hydrogen-bond donors (Lipinski definition) is 2. The standard InChI is InChI=1S/C20H35N5/c1-4-11-22-20(21-5-2)23-16-18-9-7-8-10-19(18)17-25-14-12-24(6-3)13-15-25/h7-10H,4-6,11-17H2,1-3H3,(H2,21,22,23). The van der Waals surface area contributed by atoms with Gasteiger partial charge in [-0.2, -0.15) is 0 Å². The summed E-state index contributed by atoms with van der Waals surface area (Å²) >= 11 is 0. The Bertz CT molecular complexity index is 521. The number of aliphatic imine (C=N–C) groups is 1. The third-order valence-electron chi connectivity index (χ3n) is 4.72. The molecule has 0 saturated carbocycles. The van der Waals surface area contributed by atoms with Gasteiger partial charge >= 0.3 is 0 Å². The fraction of sp³-hybridized carbons (Fsp3) is 0.650. The van der Waals surface area contributed by atoms with Crippen LogP contribution < -0.4 is 10.6 Å². The van der Waals surface area contributed by atoms with Gasteiger partial charge in [-0.1, -0.05) is 38.1 Å². The zero-order chi connectivity index (χ0) is 17.9. The molecule has 1 aromatic rings. The Hall–Kier alpha value is -1.59. The average molecular weight is 346 g/mol. The Balaban J connectivity index is 1.97. The molecule has 25 heavy (non-hydrogen) atoms. The van der Waals surface area contributed by atoms with Gasteiger partial charge in [0.05, 0.1) is 6.54 Å². The summed E-state index contributed by atoms with van der Waals surface area (Å²) in [6, 6.07) is 8.73. The van der Waals surface area contributed by atoms with E-state index in [-0.39, 0.29) is 0 Å². The molecule has 1 aliphatic heterocycles. The molecular weight excluding hydrogens is 310 g/mol. The lowest BCUT2D eigenvalue weighted by Gasteiger charge is -2.34. The van der Waals surface area contributed by atoms with Gasteiger partial charge in [0, 0.05) is 45.8 Å². The van der Waals surface area contributed by atoms with Crippen LogP contribution in [0.5, 0.6) is 0 Å². The molecule has 140 valence electrons. The van der Waals surface area contributed by atoms with E-state index in [4.69, 9.17) is 4.99 Å². The molecule has 1 aliphatic rings. The molecule has 0 bridgehead atoms. The first-order valence-electron chi connectivity index (χ1n) is 9.80. The molecule has 1 heterocycles. The van der Waals surface area contributed by atoms with Crippen molar-refractivity contribution in [1.29, 1.82) is 0 Å². The minimum atomic E-state index is 0.726. The van der Waals surface area contributed by atoms with Gasteiger partial charge in [0.25, 0.3) is 0 Å². The van der Waals surface area contributed by atoms with Crippen LogP contribution in [-0.4, -0.2) is 61.6 Å². The van der Waals surface area contributed by atoms with Crippen LogP contribution in [0.25, 0.3) is 0 Å². The third-order valence-corrected chi connectivity index (χ3v) is 4.72. The van der Waals surface area contributed by atoms with Crippen molar-refractivity contribution in [2.75, 3.05) is 45.8 Å². The minimum Gasteiger partial charge on any atom is -0.357 e. The Morgan fingerprint density at radius 3 is 2.28 bits per heavy atom. The summed E-state index contributed by atoms with van der Waals surface area (Å²) in [5.74, 6) is 0.913. The Labute approximate surface area is 153 Å². The van der Waals surface area contributed by atoms with E-state index in [1.165, 1.54) is 24.2 Å². The van der Waals surface area contributed by atoms with Crippen LogP contribution in [0.2, 0.25) is 0 Å². The molecule has 5 heteroatoms. The van der Waals surface area contributed by atoms with Crippen molar-refractivity contribution in [3.8, 4) is 0 Å². The molecule has 5 nitrogen and oxygen atoms in total. The molecule has 0 amide bonds. The molecule has 0 atom stereocenters. The molecule has 1 aromatic carbocycles. The first-order chi connectivity index (χ1) is 12.3. The van der Waals surface area contributed by atoms with Crippen molar-refractivity contribution in [3.05, 3.63) is 35.4 Å². The summed E-state index contributed by atoms with van der Waals surface area (Å²) in [5, 5.41) is 6.70. The maximum Gasteiger partial charge on any atom is 0.191 e. The number of piperazine rings is 1. The lowest BCUT2D eigenvalue weighted by atomic mass is 10.1. The molecule has 0 aliphatic carbocycles. The average Bonchev–Trinajstić information content (AvgIpc) is 2.65. The highest BCUT2D eigenvalue weighted by atomic mass is 15.3. The molecule has 0 aromatic heterocycles. The predicted molar refractivity (Wildman–Crippen MR) is 107 cm³/mol. The summed E-state index contributed by atoms with van der Waals surface area (Å²) in [4.78, 5) is 9.86. The van der Waals surface area contributed by atoms with Gasteiger partial charge in [-0.3, -0.25) is 4.90 Å². The first kappa shape index (κ1) is 19.7. The Morgan fingerprint density at radius 2 is 1.64 bits per heavy atom. The number of nitrogens with zero attached hydrogens (tertiary/aromatic N) is 3. The van der Waals surface area contributed by atoms with Crippen LogP contribution in [0.3, 0.4) is 0 Å². The first-order valence-corrected chi connectivity index (χ1v) is 9.80. The van der Waals surface area contributed by atoms with Crippen LogP contribution in [0, 0.1) is 0 Å². The Morgan fingerprint density at radius 1 is 0.960 bits per heavy atom. The molecule has 0 unspecified atom stereocenters.